The molecule has 2 aliphatic rings. The number of nitrogens with one attached hydrogen (secondary N) is 1. The van der Waals surface area contributed by atoms with Crippen LogP contribution in [0.1, 0.15) is 13.8 Å². The van der Waals surface area contributed by atoms with Crippen LogP contribution in [0.3, 0.4) is 0 Å². The first-order valence-corrected chi connectivity index (χ1v) is 11.9. The van der Waals surface area contributed by atoms with Crippen molar-refractivity contribution in [2.75, 3.05) is 45.8 Å². The highest BCUT2D eigenvalue weighted by molar-refractivity contribution is 7.89. The van der Waals surface area contributed by atoms with Gasteiger partial charge in [0.1, 0.15) is 0 Å². The highest BCUT2D eigenvalue weighted by Gasteiger charge is 2.39. The summed E-state index contributed by atoms with van der Waals surface area (Å²) in [5.74, 6) is -0.164. The van der Waals surface area contributed by atoms with Crippen LogP contribution < -0.4 is 5.32 Å². The third-order valence-electron chi connectivity index (χ3n) is 6.29. The molecule has 0 unspecified atom stereocenters. The van der Waals surface area contributed by atoms with E-state index in [1.54, 1.807) is 17.0 Å². The smallest absolute Gasteiger partial charge is 0.243 e. The summed E-state index contributed by atoms with van der Waals surface area (Å²) in [7, 11) is -3.62. The number of rotatable bonds is 4. The van der Waals surface area contributed by atoms with Crippen LogP contribution in [0.2, 0.25) is 0 Å². The molecule has 4 rings (SSSR count). The van der Waals surface area contributed by atoms with Gasteiger partial charge in [-0.3, -0.25) is 14.5 Å². The predicted octanol–water partition coefficient (Wildman–Crippen LogP) is 0.883. The Bertz CT molecular complexity index is 1110. The van der Waals surface area contributed by atoms with Gasteiger partial charge in [0.15, 0.2) is 0 Å². The van der Waals surface area contributed by atoms with E-state index in [2.05, 4.69) is 5.32 Å². The molecule has 0 saturated carbocycles. The Morgan fingerprint density at radius 2 is 1.68 bits per heavy atom. The van der Waals surface area contributed by atoms with Crippen LogP contribution in [0.25, 0.3) is 10.8 Å². The van der Waals surface area contributed by atoms with E-state index in [0.29, 0.717) is 26.2 Å². The second-order valence-electron chi connectivity index (χ2n) is 8.53. The summed E-state index contributed by atoms with van der Waals surface area (Å²) in [6, 6.07) is 12.8. The van der Waals surface area contributed by atoms with E-state index < -0.39 is 15.6 Å². The highest BCUT2D eigenvalue weighted by Crippen LogP contribution is 2.23. The van der Waals surface area contributed by atoms with Crippen molar-refractivity contribution in [3.63, 3.8) is 0 Å². The fourth-order valence-corrected chi connectivity index (χ4v) is 5.60. The molecule has 0 bridgehead atoms. The normalized spacial score (nSPS) is 20.6. The molecular formula is C22H28N4O4S. The average molecular weight is 445 g/mol. The molecule has 166 valence electrons. The maximum Gasteiger partial charge on any atom is 0.243 e. The van der Waals surface area contributed by atoms with Gasteiger partial charge >= 0.3 is 0 Å². The van der Waals surface area contributed by atoms with Crippen LogP contribution in [0.5, 0.6) is 0 Å². The SMILES string of the molecule is CC1(C)C(=O)NCCN1CC(=O)N1CCN(S(=O)(=O)c2ccc3ccccc3c2)CC1. The summed E-state index contributed by atoms with van der Waals surface area (Å²) in [6.07, 6.45) is 0. The van der Waals surface area contributed by atoms with E-state index in [-0.39, 0.29) is 36.3 Å². The van der Waals surface area contributed by atoms with Crippen LogP contribution in [0.15, 0.2) is 47.4 Å². The first-order valence-electron chi connectivity index (χ1n) is 10.5. The van der Waals surface area contributed by atoms with Crippen LogP contribution in [-0.4, -0.2) is 85.7 Å². The third-order valence-corrected chi connectivity index (χ3v) is 8.18. The molecule has 0 aromatic heterocycles. The summed E-state index contributed by atoms with van der Waals surface area (Å²) in [6.45, 7) is 6.09. The number of fused-ring (bicyclic) bond motifs is 1. The quantitative estimate of drug-likeness (QED) is 0.756. The molecule has 2 saturated heterocycles. The van der Waals surface area contributed by atoms with Crippen molar-refractivity contribution in [3.05, 3.63) is 42.5 Å². The zero-order chi connectivity index (χ0) is 22.2. The molecule has 9 heteroatoms. The van der Waals surface area contributed by atoms with Crippen molar-refractivity contribution < 1.29 is 18.0 Å². The van der Waals surface area contributed by atoms with Gasteiger partial charge in [-0.1, -0.05) is 30.3 Å². The van der Waals surface area contributed by atoms with E-state index in [1.165, 1.54) is 4.31 Å². The molecule has 8 nitrogen and oxygen atoms in total. The summed E-state index contributed by atoms with van der Waals surface area (Å²) < 4.78 is 27.7. The van der Waals surface area contributed by atoms with E-state index >= 15 is 0 Å². The monoisotopic (exact) mass is 444 g/mol. The number of sulfonamides is 1. The van der Waals surface area contributed by atoms with Crippen LogP contribution in [0, 0.1) is 0 Å². The van der Waals surface area contributed by atoms with E-state index in [1.807, 2.05) is 49.1 Å². The minimum Gasteiger partial charge on any atom is -0.353 e. The van der Waals surface area contributed by atoms with Gasteiger partial charge < -0.3 is 10.2 Å². The van der Waals surface area contributed by atoms with Gasteiger partial charge in [-0.05, 0) is 36.8 Å². The lowest BCUT2D eigenvalue weighted by Gasteiger charge is -2.42. The second kappa shape index (κ2) is 8.22. The Morgan fingerprint density at radius 3 is 2.39 bits per heavy atom. The predicted molar refractivity (Wildman–Crippen MR) is 118 cm³/mol. The van der Waals surface area contributed by atoms with E-state index in [9.17, 15) is 18.0 Å². The zero-order valence-electron chi connectivity index (χ0n) is 17.9. The maximum atomic E-state index is 13.1. The summed E-state index contributed by atoms with van der Waals surface area (Å²) in [5.41, 5.74) is -0.741. The molecule has 2 aliphatic heterocycles. The number of carbonyl (C=O) groups is 2. The van der Waals surface area contributed by atoms with E-state index in [0.717, 1.165) is 10.8 Å². The largest absolute Gasteiger partial charge is 0.353 e. The Hall–Kier alpha value is -2.49. The molecule has 0 radical (unpaired) electrons. The lowest BCUT2D eigenvalue weighted by Crippen LogP contribution is -2.64. The number of carbonyl (C=O) groups excluding carboxylic acids is 2. The van der Waals surface area contributed by atoms with Gasteiger partial charge in [0.05, 0.1) is 17.0 Å². The topological polar surface area (TPSA) is 90.0 Å². The van der Waals surface area contributed by atoms with Gasteiger partial charge in [-0.15, -0.1) is 0 Å². The lowest BCUT2D eigenvalue weighted by molar-refractivity contribution is -0.141. The fraction of sp³-hybridized carbons (Fsp3) is 0.455. The number of piperazine rings is 2. The molecule has 2 fully saturated rings. The number of hydrogen-bond acceptors (Lipinski definition) is 5. The number of hydrogen-bond donors (Lipinski definition) is 1. The minimum absolute atomic E-state index is 0.0782. The molecule has 1 N–H and O–H groups in total. The fourth-order valence-electron chi connectivity index (χ4n) is 4.14. The Kier molecular flexibility index (Phi) is 5.76. The molecule has 2 amide bonds. The summed E-state index contributed by atoms with van der Waals surface area (Å²) >= 11 is 0. The highest BCUT2D eigenvalue weighted by atomic mass is 32.2. The van der Waals surface area contributed by atoms with Crippen molar-refractivity contribution in [2.24, 2.45) is 0 Å². The first-order chi connectivity index (χ1) is 14.7. The molecule has 2 aromatic carbocycles. The molecule has 31 heavy (non-hydrogen) atoms. The van der Waals surface area contributed by atoms with Gasteiger partial charge in [0.25, 0.3) is 0 Å². The molecular weight excluding hydrogens is 416 g/mol. The van der Waals surface area contributed by atoms with Crippen LogP contribution in [0.4, 0.5) is 0 Å². The Balaban J connectivity index is 1.40. The Morgan fingerprint density at radius 1 is 1.00 bits per heavy atom. The first kappa shape index (κ1) is 21.7. The zero-order valence-corrected chi connectivity index (χ0v) is 18.7. The number of amides is 2. The van der Waals surface area contributed by atoms with Gasteiger partial charge in [0.2, 0.25) is 21.8 Å². The maximum absolute atomic E-state index is 13.1. The second-order valence-corrected chi connectivity index (χ2v) is 10.5. The third kappa shape index (κ3) is 4.17. The van der Waals surface area contributed by atoms with Crippen molar-refractivity contribution in [3.8, 4) is 0 Å². The lowest BCUT2D eigenvalue weighted by atomic mass is 9.99. The molecule has 2 aromatic rings. The van der Waals surface area contributed by atoms with E-state index in [4.69, 9.17) is 0 Å². The molecule has 2 heterocycles. The molecule has 0 atom stereocenters. The minimum atomic E-state index is -3.62. The van der Waals surface area contributed by atoms with Crippen molar-refractivity contribution in [2.45, 2.75) is 24.3 Å². The van der Waals surface area contributed by atoms with Crippen molar-refractivity contribution in [1.82, 2.24) is 19.4 Å². The van der Waals surface area contributed by atoms with Crippen molar-refractivity contribution >= 4 is 32.6 Å². The standard InChI is InChI=1S/C22H28N4O4S/c1-22(2)21(28)23-9-10-25(22)16-20(27)24-11-13-26(14-12-24)31(29,30)19-8-7-17-5-3-4-6-18(17)15-19/h3-8,15H,9-14,16H2,1-2H3,(H,23,28). The van der Waals surface area contributed by atoms with Gasteiger partial charge in [0, 0.05) is 39.3 Å². The van der Waals surface area contributed by atoms with Crippen LogP contribution in [-0.2, 0) is 19.6 Å². The molecule has 0 aliphatic carbocycles. The number of nitrogens with zero attached hydrogens (tertiary/aromatic N) is 3. The van der Waals surface area contributed by atoms with Gasteiger partial charge in [-0.25, -0.2) is 8.42 Å². The Labute approximate surface area is 182 Å². The summed E-state index contributed by atoms with van der Waals surface area (Å²) in [5, 5.41) is 4.70. The number of benzene rings is 2. The van der Waals surface area contributed by atoms with Crippen LogP contribution >= 0.6 is 0 Å². The van der Waals surface area contributed by atoms with Gasteiger partial charge in [-0.2, -0.15) is 4.31 Å². The van der Waals surface area contributed by atoms with Crippen molar-refractivity contribution in [1.29, 1.82) is 0 Å². The average Bonchev–Trinajstić information content (AvgIpc) is 2.77. The summed E-state index contributed by atoms with van der Waals surface area (Å²) in [4.78, 5) is 28.8. The molecule has 0 spiro atoms.